The van der Waals surface area contributed by atoms with E-state index >= 15 is 0 Å². The Balaban J connectivity index is 1.40. The van der Waals surface area contributed by atoms with Crippen LogP contribution in [-0.2, 0) is 4.79 Å². The standard InChI is InChI=1S/C22H28N4O/c1-16-15-20(25-21(23-16)17-7-3-2-4-8-17)26-13-11-18(12-14-26)22(27)24-19-9-5-6-10-19/h2-4,7-8,15,18-19H,5-6,9-14H2,1H3,(H,24,27). The largest absolute Gasteiger partial charge is 0.356 e. The fourth-order valence-electron chi connectivity index (χ4n) is 4.19. The zero-order valence-electron chi connectivity index (χ0n) is 16.0. The first-order valence-electron chi connectivity index (χ1n) is 10.2. The van der Waals surface area contributed by atoms with Crippen LogP contribution in [0.25, 0.3) is 11.4 Å². The van der Waals surface area contributed by atoms with Crippen molar-refractivity contribution in [3.8, 4) is 11.4 Å². The van der Waals surface area contributed by atoms with Gasteiger partial charge >= 0.3 is 0 Å². The van der Waals surface area contributed by atoms with Gasteiger partial charge in [0.25, 0.3) is 0 Å². The number of rotatable bonds is 4. The summed E-state index contributed by atoms with van der Waals surface area (Å²) < 4.78 is 0. The Morgan fingerprint density at radius 1 is 1.04 bits per heavy atom. The summed E-state index contributed by atoms with van der Waals surface area (Å²) in [6.07, 6.45) is 6.57. The second kappa shape index (κ2) is 8.07. The molecule has 2 aliphatic rings. The molecule has 2 heterocycles. The number of hydrogen-bond donors (Lipinski definition) is 1. The number of anilines is 1. The fraction of sp³-hybridized carbons (Fsp3) is 0.500. The summed E-state index contributed by atoms with van der Waals surface area (Å²) in [4.78, 5) is 24.2. The van der Waals surface area contributed by atoms with Gasteiger partial charge in [-0.05, 0) is 32.6 Å². The molecule has 0 radical (unpaired) electrons. The lowest BCUT2D eigenvalue weighted by Gasteiger charge is -2.33. The molecule has 1 N–H and O–H groups in total. The lowest BCUT2D eigenvalue weighted by Crippen LogP contribution is -2.43. The molecule has 0 atom stereocenters. The molecule has 1 aromatic carbocycles. The number of benzene rings is 1. The van der Waals surface area contributed by atoms with E-state index in [1.807, 2.05) is 43.3 Å². The van der Waals surface area contributed by atoms with Gasteiger partial charge in [-0.25, -0.2) is 9.97 Å². The SMILES string of the molecule is Cc1cc(N2CCC(C(=O)NC3CCCC3)CC2)nc(-c2ccccc2)n1. The number of nitrogens with zero attached hydrogens (tertiary/aromatic N) is 3. The molecule has 142 valence electrons. The van der Waals surface area contributed by atoms with Crippen molar-refractivity contribution in [3.05, 3.63) is 42.1 Å². The van der Waals surface area contributed by atoms with Crippen LogP contribution >= 0.6 is 0 Å². The summed E-state index contributed by atoms with van der Waals surface area (Å²) in [5.74, 6) is 2.13. The maximum absolute atomic E-state index is 12.5. The molecule has 27 heavy (non-hydrogen) atoms. The van der Waals surface area contributed by atoms with Crippen molar-refractivity contribution in [3.63, 3.8) is 0 Å². The van der Waals surface area contributed by atoms with E-state index in [4.69, 9.17) is 4.98 Å². The van der Waals surface area contributed by atoms with Gasteiger partial charge < -0.3 is 10.2 Å². The molecule has 0 unspecified atom stereocenters. The van der Waals surface area contributed by atoms with Crippen LogP contribution in [0, 0.1) is 12.8 Å². The summed E-state index contributed by atoms with van der Waals surface area (Å²) >= 11 is 0. The monoisotopic (exact) mass is 364 g/mol. The van der Waals surface area contributed by atoms with E-state index in [9.17, 15) is 4.79 Å². The maximum atomic E-state index is 12.5. The zero-order valence-corrected chi connectivity index (χ0v) is 16.0. The first kappa shape index (κ1) is 18.0. The molecule has 2 fully saturated rings. The highest BCUT2D eigenvalue weighted by Crippen LogP contribution is 2.26. The molecular weight excluding hydrogens is 336 g/mol. The van der Waals surface area contributed by atoms with Gasteiger partial charge in [0.1, 0.15) is 5.82 Å². The minimum absolute atomic E-state index is 0.137. The zero-order chi connectivity index (χ0) is 18.6. The van der Waals surface area contributed by atoms with Crippen LogP contribution in [0.3, 0.4) is 0 Å². The van der Waals surface area contributed by atoms with Crippen LogP contribution < -0.4 is 10.2 Å². The molecule has 5 heteroatoms. The maximum Gasteiger partial charge on any atom is 0.223 e. The summed E-state index contributed by atoms with van der Waals surface area (Å²) in [5, 5.41) is 3.26. The molecule has 1 aliphatic carbocycles. The second-order valence-corrected chi connectivity index (χ2v) is 7.81. The van der Waals surface area contributed by atoms with Gasteiger partial charge in [0.2, 0.25) is 5.91 Å². The van der Waals surface area contributed by atoms with E-state index in [2.05, 4.69) is 15.2 Å². The van der Waals surface area contributed by atoms with Crippen molar-refractivity contribution < 1.29 is 4.79 Å². The van der Waals surface area contributed by atoms with Crippen LogP contribution in [0.15, 0.2) is 36.4 Å². The molecule has 4 rings (SSSR count). The third kappa shape index (κ3) is 4.29. The van der Waals surface area contributed by atoms with E-state index in [0.717, 1.165) is 61.7 Å². The van der Waals surface area contributed by atoms with Crippen molar-refractivity contribution in [2.45, 2.75) is 51.5 Å². The quantitative estimate of drug-likeness (QED) is 0.898. The van der Waals surface area contributed by atoms with Crippen LogP contribution in [-0.4, -0.2) is 35.0 Å². The molecular formula is C22H28N4O. The van der Waals surface area contributed by atoms with Gasteiger partial charge in [-0.2, -0.15) is 0 Å². The number of carbonyl (C=O) groups excluding carboxylic acids is 1. The smallest absolute Gasteiger partial charge is 0.223 e. The van der Waals surface area contributed by atoms with Crippen molar-refractivity contribution in [2.24, 2.45) is 5.92 Å². The number of nitrogens with one attached hydrogen (secondary N) is 1. The number of hydrogen-bond acceptors (Lipinski definition) is 4. The van der Waals surface area contributed by atoms with Gasteiger partial charge in [0, 0.05) is 42.4 Å². The van der Waals surface area contributed by atoms with E-state index < -0.39 is 0 Å². The highest BCUT2D eigenvalue weighted by Gasteiger charge is 2.28. The number of carbonyl (C=O) groups is 1. The van der Waals surface area contributed by atoms with Gasteiger partial charge in [-0.1, -0.05) is 43.2 Å². The molecule has 1 amide bonds. The highest BCUT2D eigenvalue weighted by molar-refractivity contribution is 5.79. The molecule has 1 aliphatic heterocycles. The average Bonchev–Trinajstić information content (AvgIpc) is 3.21. The molecule has 1 saturated heterocycles. The Bertz CT molecular complexity index is 778. The Labute approximate surface area is 161 Å². The van der Waals surface area contributed by atoms with Crippen LogP contribution in [0.5, 0.6) is 0 Å². The van der Waals surface area contributed by atoms with Crippen LogP contribution in [0.4, 0.5) is 5.82 Å². The molecule has 1 saturated carbocycles. The highest BCUT2D eigenvalue weighted by atomic mass is 16.1. The first-order chi connectivity index (χ1) is 13.2. The molecule has 2 aromatic rings. The Morgan fingerprint density at radius 3 is 2.44 bits per heavy atom. The average molecular weight is 364 g/mol. The van der Waals surface area contributed by atoms with Gasteiger partial charge in [-0.15, -0.1) is 0 Å². The second-order valence-electron chi connectivity index (χ2n) is 7.81. The predicted molar refractivity (Wildman–Crippen MR) is 108 cm³/mol. The summed E-state index contributed by atoms with van der Waals surface area (Å²) in [7, 11) is 0. The van der Waals surface area contributed by atoms with E-state index in [-0.39, 0.29) is 11.8 Å². The first-order valence-corrected chi connectivity index (χ1v) is 10.2. The van der Waals surface area contributed by atoms with Crippen LogP contribution in [0.1, 0.15) is 44.2 Å². The Morgan fingerprint density at radius 2 is 1.74 bits per heavy atom. The summed E-state index contributed by atoms with van der Waals surface area (Å²) in [6, 6.07) is 12.6. The Hall–Kier alpha value is -2.43. The third-order valence-electron chi connectivity index (χ3n) is 5.76. The lowest BCUT2D eigenvalue weighted by atomic mass is 9.95. The Kier molecular flexibility index (Phi) is 5.37. The van der Waals surface area contributed by atoms with E-state index in [0.29, 0.717) is 6.04 Å². The minimum Gasteiger partial charge on any atom is -0.356 e. The number of aryl methyl sites for hydroxylation is 1. The lowest BCUT2D eigenvalue weighted by molar-refractivity contribution is -0.126. The number of piperidine rings is 1. The van der Waals surface area contributed by atoms with Gasteiger partial charge in [-0.3, -0.25) is 4.79 Å². The number of aromatic nitrogens is 2. The summed E-state index contributed by atoms with van der Waals surface area (Å²) in [5.41, 5.74) is 2.01. The van der Waals surface area contributed by atoms with Crippen molar-refractivity contribution in [1.29, 1.82) is 0 Å². The molecule has 1 aromatic heterocycles. The number of amides is 1. The molecule has 0 bridgehead atoms. The van der Waals surface area contributed by atoms with Gasteiger partial charge in [0.05, 0.1) is 0 Å². The van der Waals surface area contributed by atoms with E-state index in [1.165, 1.54) is 12.8 Å². The topological polar surface area (TPSA) is 58.1 Å². The third-order valence-corrected chi connectivity index (χ3v) is 5.76. The van der Waals surface area contributed by atoms with Crippen molar-refractivity contribution in [2.75, 3.05) is 18.0 Å². The summed E-state index contributed by atoms with van der Waals surface area (Å²) in [6.45, 7) is 3.75. The predicted octanol–water partition coefficient (Wildman–Crippen LogP) is 3.73. The van der Waals surface area contributed by atoms with E-state index in [1.54, 1.807) is 0 Å². The minimum atomic E-state index is 0.137. The van der Waals surface area contributed by atoms with Gasteiger partial charge in [0.15, 0.2) is 5.82 Å². The van der Waals surface area contributed by atoms with Crippen LogP contribution in [0.2, 0.25) is 0 Å². The molecule has 0 spiro atoms. The van der Waals surface area contributed by atoms with Crippen molar-refractivity contribution in [1.82, 2.24) is 15.3 Å². The fourth-order valence-corrected chi connectivity index (χ4v) is 4.19. The molecule has 5 nitrogen and oxygen atoms in total. The normalized spacial score (nSPS) is 18.6. The van der Waals surface area contributed by atoms with Crippen molar-refractivity contribution >= 4 is 11.7 Å².